The molecule has 0 bridgehead atoms. The molecule has 2 amide bonds. The topological polar surface area (TPSA) is 109 Å². The first-order valence-electron chi connectivity index (χ1n) is 9.69. The molecule has 4 aromatic rings. The molecule has 8 nitrogen and oxygen atoms in total. The van der Waals surface area contributed by atoms with E-state index < -0.39 is 31.9 Å². The third-order valence-corrected chi connectivity index (χ3v) is 11.2. The van der Waals surface area contributed by atoms with E-state index >= 15 is 0 Å². The second-order valence-corrected chi connectivity index (χ2v) is 13.0. The predicted molar refractivity (Wildman–Crippen MR) is 130 cm³/mol. The van der Waals surface area contributed by atoms with Crippen LogP contribution in [-0.2, 0) is 20.0 Å². The quantitative estimate of drug-likeness (QED) is 0.391. The Morgan fingerprint density at radius 1 is 0.529 bits per heavy atom. The molecule has 3 heterocycles. The van der Waals surface area contributed by atoms with Gasteiger partial charge in [0.1, 0.15) is 8.42 Å². The average molecular weight is 531 g/mol. The van der Waals surface area contributed by atoms with Gasteiger partial charge in [-0.2, -0.15) is 25.4 Å². The van der Waals surface area contributed by atoms with Crippen LogP contribution in [0.4, 0.5) is 11.4 Å². The Bertz CT molecular complexity index is 1500. The maximum absolute atomic E-state index is 13.8. The molecule has 1 aliphatic rings. The van der Waals surface area contributed by atoms with Crippen molar-refractivity contribution in [1.82, 2.24) is 0 Å². The molecule has 1 aliphatic heterocycles. The summed E-state index contributed by atoms with van der Waals surface area (Å²) < 4.78 is 55.1. The summed E-state index contributed by atoms with van der Waals surface area (Å²) in [6, 6.07) is 16.9. The van der Waals surface area contributed by atoms with Crippen LogP contribution in [-0.4, -0.2) is 28.6 Å². The number of carbonyl (C=O) groups excluding carboxylic acids is 2. The summed E-state index contributed by atoms with van der Waals surface area (Å²) in [5.41, 5.74) is -0.949. The molecular formula is C22H14N2O6S4. The van der Waals surface area contributed by atoms with Gasteiger partial charge < -0.3 is 0 Å². The van der Waals surface area contributed by atoms with E-state index in [9.17, 15) is 26.4 Å². The van der Waals surface area contributed by atoms with Gasteiger partial charge in [-0.05, 0) is 47.2 Å². The fourth-order valence-electron chi connectivity index (χ4n) is 3.58. The van der Waals surface area contributed by atoms with E-state index in [1.165, 1.54) is 72.8 Å². The molecule has 12 heteroatoms. The van der Waals surface area contributed by atoms with Crippen LogP contribution < -0.4 is 8.61 Å². The van der Waals surface area contributed by atoms with Crippen molar-refractivity contribution in [3.63, 3.8) is 0 Å². The number of rotatable bonds is 4. The molecule has 0 saturated carbocycles. The summed E-state index contributed by atoms with van der Waals surface area (Å²) in [6.07, 6.45) is 0. The molecule has 0 N–H and O–H groups in total. The lowest BCUT2D eigenvalue weighted by molar-refractivity contribution is 0.0996. The van der Waals surface area contributed by atoms with Crippen molar-refractivity contribution in [3.05, 3.63) is 94.7 Å². The van der Waals surface area contributed by atoms with Crippen LogP contribution in [0.1, 0.15) is 20.7 Å². The second-order valence-electron chi connectivity index (χ2n) is 7.05. The van der Waals surface area contributed by atoms with Crippen LogP contribution in [0.25, 0.3) is 0 Å². The number of hydrogen-bond donors (Lipinski definition) is 0. The van der Waals surface area contributed by atoms with Crippen LogP contribution in [0.5, 0.6) is 0 Å². The van der Waals surface area contributed by atoms with E-state index in [-0.39, 0.29) is 30.9 Å². The van der Waals surface area contributed by atoms with E-state index in [0.29, 0.717) is 8.61 Å². The minimum atomic E-state index is -4.40. The Morgan fingerprint density at radius 3 is 1.26 bits per heavy atom. The number of hydrogen-bond acceptors (Lipinski definition) is 8. The minimum absolute atomic E-state index is 0.0933. The number of amides is 2. The lowest BCUT2D eigenvalue weighted by atomic mass is 10.1. The summed E-state index contributed by atoms with van der Waals surface area (Å²) in [7, 11) is -8.80. The number of nitrogens with zero attached hydrogens (tertiary/aromatic N) is 2. The van der Waals surface area contributed by atoms with Gasteiger partial charge in [0.05, 0.1) is 22.5 Å². The van der Waals surface area contributed by atoms with E-state index in [1.54, 1.807) is 10.8 Å². The molecule has 34 heavy (non-hydrogen) atoms. The van der Waals surface area contributed by atoms with Crippen molar-refractivity contribution >= 4 is 65.9 Å². The van der Waals surface area contributed by atoms with Gasteiger partial charge in [0.25, 0.3) is 31.9 Å². The van der Waals surface area contributed by atoms with Gasteiger partial charge in [-0.15, -0.1) is 22.7 Å². The van der Waals surface area contributed by atoms with E-state index in [4.69, 9.17) is 0 Å². The van der Waals surface area contributed by atoms with Gasteiger partial charge in [0.2, 0.25) is 0 Å². The van der Waals surface area contributed by atoms with Crippen molar-refractivity contribution < 1.29 is 26.4 Å². The summed E-state index contributed by atoms with van der Waals surface area (Å²) in [5, 5.41) is 3.11. The monoisotopic (exact) mass is 530 g/mol. The Labute approximate surface area is 203 Å². The van der Waals surface area contributed by atoms with Crippen molar-refractivity contribution in [2.45, 2.75) is 8.42 Å². The lowest BCUT2D eigenvalue weighted by Gasteiger charge is -2.31. The summed E-state index contributed by atoms with van der Waals surface area (Å²) in [4.78, 5) is 27.6. The number of sulfonamides is 2. The Morgan fingerprint density at radius 2 is 0.912 bits per heavy atom. The van der Waals surface area contributed by atoms with E-state index in [1.807, 2.05) is 0 Å². The van der Waals surface area contributed by atoms with Crippen LogP contribution in [0.15, 0.2) is 92.0 Å². The Hall–Kier alpha value is -3.32. The predicted octanol–water partition coefficient (Wildman–Crippen LogP) is 4.19. The van der Waals surface area contributed by atoms with Crippen molar-refractivity contribution in [2.24, 2.45) is 0 Å². The van der Waals surface area contributed by atoms with Crippen LogP contribution in [0.3, 0.4) is 0 Å². The van der Waals surface area contributed by atoms with Crippen molar-refractivity contribution in [3.8, 4) is 0 Å². The van der Waals surface area contributed by atoms with Gasteiger partial charge in [-0.1, -0.05) is 36.4 Å². The molecular weight excluding hydrogens is 517 g/mol. The van der Waals surface area contributed by atoms with Crippen molar-refractivity contribution in [2.75, 3.05) is 8.61 Å². The zero-order valence-corrected chi connectivity index (χ0v) is 20.3. The molecule has 0 atom stereocenters. The minimum Gasteiger partial charge on any atom is -0.267 e. The molecule has 0 radical (unpaired) electrons. The van der Waals surface area contributed by atoms with E-state index in [2.05, 4.69) is 0 Å². The standard InChI is InChI=1S/C22H14N2O6S4/c25-21-15-7-1-3-9-17(15)23(33(27,28)19-11-5-13-31-19)22(26)16-8-2-4-10-18(16)24(21)34(29,30)20-12-6-14-32-20/h1-14H. The molecule has 0 spiro atoms. The lowest BCUT2D eigenvalue weighted by Crippen LogP contribution is -2.44. The molecule has 2 aromatic heterocycles. The second kappa shape index (κ2) is 8.17. The first kappa shape index (κ1) is 22.5. The van der Waals surface area contributed by atoms with Gasteiger partial charge in [0, 0.05) is 0 Å². The summed E-state index contributed by atoms with van der Waals surface area (Å²) in [6.45, 7) is 0. The van der Waals surface area contributed by atoms with Crippen LogP contribution in [0, 0.1) is 0 Å². The highest BCUT2D eigenvalue weighted by molar-refractivity contribution is 7.96. The van der Waals surface area contributed by atoms with Crippen LogP contribution in [0.2, 0.25) is 0 Å². The molecule has 2 aromatic carbocycles. The molecule has 172 valence electrons. The highest BCUT2D eigenvalue weighted by atomic mass is 32.3. The van der Waals surface area contributed by atoms with Gasteiger partial charge in [-0.25, -0.2) is 0 Å². The highest BCUT2D eigenvalue weighted by Gasteiger charge is 2.43. The van der Waals surface area contributed by atoms with Gasteiger partial charge in [-0.3, -0.25) is 9.59 Å². The Balaban J connectivity index is 1.84. The fourth-order valence-corrected chi connectivity index (χ4v) is 8.56. The molecule has 5 rings (SSSR count). The number of thiophene rings is 2. The first-order chi connectivity index (χ1) is 16.2. The number of carbonyl (C=O) groups is 2. The fraction of sp³-hybridized carbons (Fsp3) is 0. The average Bonchev–Trinajstić information content (AvgIpc) is 3.54. The number of anilines is 2. The number of fused-ring (bicyclic) bond motifs is 2. The van der Waals surface area contributed by atoms with Crippen molar-refractivity contribution in [1.29, 1.82) is 0 Å². The van der Waals surface area contributed by atoms with Gasteiger partial charge in [0.15, 0.2) is 0 Å². The SMILES string of the molecule is O=C1c2ccccc2N(S(=O)(=O)c2cccs2)C(=O)c2ccccc2N1S(=O)(=O)c1cccs1. The zero-order chi connectivity index (χ0) is 24.1. The summed E-state index contributed by atoms with van der Waals surface area (Å²) >= 11 is 1.85. The Kier molecular flexibility index (Phi) is 5.40. The summed E-state index contributed by atoms with van der Waals surface area (Å²) in [5.74, 6) is -1.95. The molecule has 0 unspecified atom stereocenters. The maximum Gasteiger partial charge on any atom is 0.280 e. The molecule has 0 saturated heterocycles. The third-order valence-electron chi connectivity index (χ3n) is 5.05. The largest absolute Gasteiger partial charge is 0.280 e. The normalized spacial score (nSPS) is 14.4. The zero-order valence-electron chi connectivity index (χ0n) is 17.1. The van der Waals surface area contributed by atoms with Gasteiger partial charge >= 0.3 is 0 Å². The van der Waals surface area contributed by atoms with E-state index in [0.717, 1.165) is 22.7 Å². The molecule has 0 fully saturated rings. The third kappa shape index (κ3) is 3.38. The van der Waals surface area contributed by atoms with Crippen LogP contribution >= 0.6 is 22.7 Å². The number of benzene rings is 2. The number of para-hydroxylation sites is 2. The maximum atomic E-state index is 13.8. The smallest absolute Gasteiger partial charge is 0.267 e. The highest BCUT2D eigenvalue weighted by Crippen LogP contribution is 2.39. The first-order valence-corrected chi connectivity index (χ1v) is 14.3. The molecule has 0 aliphatic carbocycles.